The third kappa shape index (κ3) is 6.02. The number of nitrogens with one attached hydrogen (secondary N) is 1. The highest BCUT2D eigenvalue weighted by Gasteiger charge is 2.25. The molecule has 160 valence electrons. The predicted octanol–water partition coefficient (Wildman–Crippen LogP) is 4.62. The number of benzene rings is 2. The molecule has 1 fully saturated rings. The van der Waals surface area contributed by atoms with Crippen LogP contribution in [-0.2, 0) is 0 Å². The molecule has 1 saturated heterocycles. The predicted molar refractivity (Wildman–Crippen MR) is 121 cm³/mol. The Bertz CT molecular complexity index is 842. The zero-order chi connectivity index (χ0) is 21.5. The zero-order valence-electron chi connectivity index (χ0n) is 17.9. The van der Waals surface area contributed by atoms with E-state index in [1.807, 2.05) is 60.4 Å². The van der Waals surface area contributed by atoms with E-state index in [4.69, 9.17) is 4.74 Å². The zero-order valence-corrected chi connectivity index (χ0v) is 18.7. The van der Waals surface area contributed by atoms with Crippen LogP contribution in [0.2, 0.25) is 0 Å². The highest BCUT2D eigenvalue weighted by Crippen LogP contribution is 2.23. The molecule has 0 bridgehead atoms. The number of piperidine rings is 1. The third-order valence-corrected chi connectivity index (χ3v) is 6.03. The van der Waals surface area contributed by atoms with E-state index in [1.54, 1.807) is 11.8 Å². The molecular formula is C24H30N2O3S. The molecule has 0 radical (unpaired) electrons. The summed E-state index contributed by atoms with van der Waals surface area (Å²) in [5, 5.41) is 3.63. The van der Waals surface area contributed by atoms with E-state index in [9.17, 15) is 9.59 Å². The van der Waals surface area contributed by atoms with E-state index in [-0.39, 0.29) is 17.9 Å². The Morgan fingerprint density at radius 1 is 1.03 bits per heavy atom. The van der Waals surface area contributed by atoms with Gasteiger partial charge in [-0.2, -0.15) is 0 Å². The van der Waals surface area contributed by atoms with Crippen LogP contribution >= 0.6 is 11.8 Å². The first kappa shape index (κ1) is 22.2. The van der Waals surface area contributed by atoms with Gasteiger partial charge in [0.1, 0.15) is 5.75 Å². The number of thioether (sulfide) groups is 1. The van der Waals surface area contributed by atoms with Gasteiger partial charge in [-0.25, -0.2) is 0 Å². The molecule has 0 spiro atoms. The molecular weight excluding hydrogens is 396 g/mol. The topological polar surface area (TPSA) is 58.6 Å². The molecule has 1 aliphatic rings. The van der Waals surface area contributed by atoms with Crippen LogP contribution in [0.15, 0.2) is 53.4 Å². The molecule has 0 aromatic heterocycles. The number of rotatable bonds is 7. The first-order chi connectivity index (χ1) is 14.5. The quantitative estimate of drug-likeness (QED) is 0.657. The van der Waals surface area contributed by atoms with Crippen molar-refractivity contribution in [3.8, 4) is 5.75 Å². The summed E-state index contributed by atoms with van der Waals surface area (Å²) < 4.78 is 5.43. The highest BCUT2D eigenvalue weighted by molar-refractivity contribution is 7.99. The van der Waals surface area contributed by atoms with Crippen LogP contribution in [0.3, 0.4) is 0 Å². The number of hydrogen-bond donors (Lipinski definition) is 1. The summed E-state index contributed by atoms with van der Waals surface area (Å²) in [4.78, 5) is 28.3. The van der Waals surface area contributed by atoms with Gasteiger partial charge in [0, 0.05) is 40.4 Å². The van der Waals surface area contributed by atoms with Crippen molar-refractivity contribution in [2.24, 2.45) is 0 Å². The third-order valence-electron chi connectivity index (χ3n) is 5.02. The second-order valence-electron chi connectivity index (χ2n) is 7.69. The fourth-order valence-electron chi connectivity index (χ4n) is 3.50. The Morgan fingerprint density at radius 3 is 2.20 bits per heavy atom. The highest BCUT2D eigenvalue weighted by atomic mass is 32.2. The minimum atomic E-state index is -0.0487. The van der Waals surface area contributed by atoms with Crippen molar-refractivity contribution >= 4 is 23.6 Å². The lowest BCUT2D eigenvalue weighted by Gasteiger charge is -2.32. The van der Waals surface area contributed by atoms with E-state index in [2.05, 4.69) is 19.2 Å². The molecule has 0 unspecified atom stereocenters. The van der Waals surface area contributed by atoms with Gasteiger partial charge in [0.05, 0.1) is 6.61 Å². The van der Waals surface area contributed by atoms with Crippen molar-refractivity contribution in [3.05, 3.63) is 59.7 Å². The van der Waals surface area contributed by atoms with Crippen LogP contribution in [0.1, 0.15) is 54.3 Å². The second kappa shape index (κ2) is 10.5. The van der Waals surface area contributed by atoms with Gasteiger partial charge in [0.15, 0.2) is 0 Å². The summed E-state index contributed by atoms with van der Waals surface area (Å²) >= 11 is 1.78. The molecule has 2 amide bonds. The van der Waals surface area contributed by atoms with Crippen LogP contribution in [0.25, 0.3) is 0 Å². The molecule has 3 rings (SSSR count). The number of likely N-dealkylation sites (tertiary alicyclic amines) is 1. The maximum absolute atomic E-state index is 12.7. The monoisotopic (exact) mass is 426 g/mol. The van der Waals surface area contributed by atoms with Crippen LogP contribution in [-0.4, -0.2) is 47.7 Å². The lowest BCUT2D eigenvalue weighted by Crippen LogP contribution is -2.46. The summed E-state index contributed by atoms with van der Waals surface area (Å²) in [6.07, 6.45) is 1.52. The van der Waals surface area contributed by atoms with Gasteiger partial charge in [-0.05, 0) is 68.3 Å². The largest absolute Gasteiger partial charge is 0.494 e. The number of hydrogen-bond acceptors (Lipinski definition) is 4. The van der Waals surface area contributed by atoms with Crippen LogP contribution in [0, 0.1) is 0 Å². The smallest absolute Gasteiger partial charge is 0.253 e. The van der Waals surface area contributed by atoms with E-state index in [0.717, 1.165) is 18.6 Å². The van der Waals surface area contributed by atoms with Crippen molar-refractivity contribution in [2.75, 3.05) is 19.7 Å². The van der Waals surface area contributed by atoms with E-state index >= 15 is 0 Å². The Hall–Kier alpha value is -2.47. The van der Waals surface area contributed by atoms with Crippen LogP contribution < -0.4 is 10.1 Å². The molecule has 0 aliphatic carbocycles. The maximum atomic E-state index is 12.7. The summed E-state index contributed by atoms with van der Waals surface area (Å²) in [5.74, 6) is 0.750. The van der Waals surface area contributed by atoms with Crippen molar-refractivity contribution in [3.63, 3.8) is 0 Å². The SMILES string of the molecule is CCOc1ccc(C(=O)N2CCC(NC(=O)c3ccc(SC(C)C)cc3)CC2)cc1. The number of amides is 2. The van der Waals surface area contributed by atoms with E-state index in [1.165, 1.54) is 4.90 Å². The van der Waals surface area contributed by atoms with Gasteiger partial charge >= 0.3 is 0 Å². The lowest BCUT2D eigenvalue weighted by atomic mass is 10.0. The number of nitrogens with zero attached hydrogens (tertiary/aromatic N) is 1. The van der Waals surface area contributed by atoms with Crippen molar-refractivity contribution in [1.29, 1.82) is 0 Å². The van der Waals surface area contributed by atoms with Gasteiger partial charge in [0.2, 0.25) is 0 Å². The van der Waals surface area contributed by atoms with Crippen LogP contribution in [0.4, 0.5) is 0 Å². The van der Waals surface area contributed by atoms with Crippen molar-refractivity contribution in [2.45, 2.75) is 49.8 Å². The molecule has 30 heavy (non-hydrogen) atoms. The molecule has 1 aliphatic heterocycles. The van der Waals surface area contributed by atoms with Gasteiger partial charge in [-0.3, -0.25) is 9.59 Å². The molecule has 2 aromatic carbocycles. The number of carbonyl (C=O) groups is 2. The first-order valence-corrected chi connectivity index (χ1v) is 11.4. The molecule has 6 heteroatoms. The first-order valence-electron chi connectivity index (χ1n) is 10.6. The second-order valence-corrected chi connectivity index (χ2v) is 9.34. The normalized spacial score (nSPS) is 14.6. The van der Waals surface area contributed by atoms with Gasteiger partial charge in [-0.1, -0.05) is 13.8 Å². The minimum Gasteiger partial charge on any atom is -0.494 e. The molecule has 0 atom stereocenters. The standard InChI is InChI=1S/C24H30N2O3S/c1-4-29-21-9-5-19(6-10-21)24(28)26-15-13-20(14-16-26)25-23(27)18-7-11-22(12-8-18)30-17(2)3/h5-12,17,20H,4,13-16H2,1-3H3,(H,25,27). The van der Waals surface area contributed by atoms with Gasteiger partial charge in [-0.15, -0.1) is 11.8 Å². The van der Waals surface area contributed by atoms with Crippen LogP contribution in [0.5, 0.6) is 5.75 Å². The summed E-state index contributed by atoms with van der Waals surface area (Å²) in [6.45, 7) is 8.12. The Morgan fingerprint density at radius 2 is 1.63 bits per heavy atom. The Kier molecular flexibility index (Phi) is 7.80. The van der Waals surface area contributed by atoms with Crippen molar-refractivity contribution < 1.29 is 14.3 Å². The lowest BCUT2D eigenvalue weighted by molar-refractivity contribution is 0.0698. The number of ether oxygens (including phenoxy) is 1. The molecule has 0 saturated carbocycles. The summed E-state index contributed by atoms with van der Waals surface area (Å²) in [5.41, 5.74) is 1.34. The van der Waals surface area contributed by atoms with Gasteiger partial charge < -0.3 is 15.0 Å². The fourth-order valence-corrected chi connectivity index (χ4v) is 4.33. The average molecular weight is 427 g/mol. The van der Waals surface area contributed by atoms with Gasteiger partial charge in [0.25, 0.3) is 11.8 Å². The molecule has 1 N–H and O–H groups in total. The Labute approximate surface area is 183 Å². The fraction of sp³-hybridized carbons (Fsp3) is 0.417. The minimum absolute atomic E-state index is 0.0288. The Balaban J connectivity index is 1.49. The maximum Gasteiger partial charge on any atom is 0.253 e. The molecule has 2 aromatic rings. The van der Waals surface area contributed by atoms with Crippen molar-refractivity contribution in [1.82, 2.24) is 10.2 Å². The molecule has 5 nitrogen and oxygen atoms in total. The van der Waals surface area contributed by atoms with E-state index < -0.39 is 0 Å². The average Bonchev–Trinajstić information content (AvgIpc) is 2.75. The number of carbonyl (C=O) groups excluding carboxylic acids is 2. The molecule has 1 heterocycles. The summed E-state index contributed by atoms with van der Waals surface area (Å²) in [7, 11) is 0. The van der Waals surface area contributed by atoms with E-state index in [0.29, 0.717) is 36.1 Å². The summed E-state index contributed by atoms with van der Waals surface area (Å²) in [6, 6.07) is 15.1.